The van der Waals surface area contributed by atoms with E-state index in [-0.39, 0.29) is 6.10 Å². The van der Waals surface area contributed by atoms with Gasteiger partial charge >= 0.3 is 0 Å². The van der Waals surface area contributed by atoms with Gasteiger partial charge in [-0.3, -0.25) is 0 Å². The number of anilines is 1. The van der Waals surface area contributed by atoms with Crippen LogP contribution >= 0.6 is 15.9 Å². The van der Waals surface area contributed by atoms with Crippen molar-refractivity contribution >= 4 is 21.6 Å². The van der Waals surface area contributed by atoms with E-state index >= 15 is 0 Å². The molecule has 1 fully saturated rings. The number of rotatable bonds is 3. The maximum Gasteiger partial charge on any atom is 0.142 e. The fraction of sp³-hybridized carbons (Fsp3) is 0.500. The summed E-state index contributed by atoms with van der Waals surface area (Å²) in [6.45, 7) is 3.18. The molecule has 1 saturated heterocycles. The summed E-state index contributed by atoms with van der Waals surface area (Å²) in [7, 11) is 2.09. The topological polar surface area (TPSA) is 47.7 Å². The summed E-state index contributed by atoms with van der Waals surface area (Å²) in [5.41, 5.74) is 6.50. The zero-order chi connectivity index (χ0) is 12.3. The molecule has 0 bridgehead atoms. The van der Waals surface area contributed by atoms with Crippen LogP contribution in [0.25, 0.3) is 0 Å². The lowest BCUT2D eigenvalue weighted by Crippen LogP contribution is -2.42. The molecule has 0 spiro atoms. The Morgan fingerprint density at radius 1 is 1.59 bits per heavy atom. The van der Waals surface area contributed by atoms with Crippen LogP contribution < -0.4 is 10.5 Å². The predicted molar refractivity (Wildman–Crippen MR) is 71.3 cm³/mol. The second-order valence-electron chi connectivity index (χ2n) is 4.25. The van der Waals surface area contributed by atoms with Gasteiger partial charge in [0.15, 0.2) is 0 Å². The standard InChI is InChI=1S/C12H17BrN2O2/c1-15-4-5-16-10(7-15)8-17-12-3-2-9(13)6-11(12)14/h2-3,6,10H,4-5,7-8,14H2,1H3. The molecule has 1 aromatic carbocycles. The van der Waals surface area contributed by atoms with E-state index in [9.17, 15) is 0 Å². The number of morpholine rings is 1. The van der Waals surface area contributed by atoms with Crippen molar-refractivity contribution in [3.8, 4) is 5.75 Å². The van der Waals surface area contributed by atoms with Gasteiger partial charge in [-0.15, -0.1) is 0 Å². The Morgan fingerprint density at radius 3 is 3.12 bits per heavy atom. The van der Waals surface area contributed by atoms with E-state index in [1.165, 1.54) is 0 Å². The van der Waals surface area contributed by atoms with E-state index in [0.29, 0.717) is 18.0 Å². The second-order valence-corrected chi connectivity index (χ2v) is 5.16. The van der Waals surface area contributed by atoms with Crippen molar-refractivity contribution in [1.29, 1.82) is 0 Å². The van der Waals surface area contributed by atoms with E-state index < -0.39 is 0 Å². The first-order chi connectivity index (χ1) is 8.15. The van der Waals surface area contributed by atoms with E-state index in [4.69, 9.17) is 15.2 Å². The number of ether oxygens (including phenoxy) is 2. The maximum absolute atomic E-state index is 5.86. The molecule has 2 rings (SSSR count). The first kappa shape index (κ1) is 12.7. The minimum Gasteiger partial charge on any atom is -0.489 e. The van der Waals surface area contributed by atoms with Gasteiger partial charge in [-0.1, -0.05) is 15.9 Å². The lowest BCUT2D eigenvalue weighted by Gasteiger charge is -2.29. The Morgan fingerprint density at radius 2 is 2.41 bits per heavy atom. The van der Waals surface area contributed by atoms with Gasteiger partial charge in [0.2, 0.25) is 0 Å². The van der Waals surface area contributed by atoms with Crippen molar-refractivity contribution in [2.75, 3.05) is 39.1 Å². The highest BCUT2D eigenvalue weighted by Gasteiger charge is 2.18. The van der Waals surface area contributed by atoms with Crippen LogP contribution in [-0.2, 0) is 4.74 Å². The molecule has 1 atom stereocenters. The maximum atomic E-state index is 5.86. The second kappa shape index (κ2) is 5.71. The SMILES string of the molecule is CN1CCOC(COc2ccc(Br)cc2N)C1. The number of hydrogen-bond acceptors (Lipinski definition) is 4. The highest BCUT2D eigenvalue weighted by atomic mass is 79.9. The molecule has 1 aliphatic rings. The van der Waals surface area contributed by atoms with Gasteiger partial charge in [-0.05, 0) is 25.2 Å². The van der Waals surface area contributed by atoms with E-state index in [1.54, 1.807) is 0 Å². The molecule has 17 heavy (non-hydrogen) atoms. The molecule has 0 amide bonds. The molecule has 1 unspecified atom stereocenters. The van der Waals surface area contributed by atoms with Crippen molar-refractivity contribution < 1.29 is 9.47 Å². The number of hydrogen-bond donors (Lipinski definition) is 1. The summed E-state index contributed by atoms with van der Waals surface area (Å²) in [6.07, 6.45) is 0.122. The smallest absolute Gasteiger partial charge is 0.142 e. The zero-order valence-corrected chi connectivity index (χ0v) is 11.4. The summed E-state index contributed by atoms with van der Waals surface area (Å²) >= 11 is 3.36. The molecule has 2 N–H and O–H groups in total. The summed E-state index contributed by atoms with van der Waals surface area (Å²) in [6, 6.07) is 5.62. The van der Waals surface area contributed by atoms with Gasteiger partial charge in [0.05, 0.1) is 12.3 Å². The van der Waals surface area contributed by atoms with E-state index in [2.05, 4.69) is 27.9 Å². The number of benzene rings is 1. The molecule has 94 valence electrons. The number of likely N-dealkylation sites (N-methyl/N-ethyl adjacent to an activating group) is 1. The summed E-state index contributed by atoms with van der Waals surface area (Å²) in [5.74, 6) is 0.713. The lowest BCUT2D eigenvalue weighted by atomic mass is 10.3. The van der Waals surface area contributed by atoms with E-state index in [0.717, 1.165) is 24.2 Å². The average Bonchev–Trinajstić information content (AvgIpc) is 2.28. The fourth-order valence-electron chi connectivity index (χ4n) is 1.80. The third-order valence-electron chi connectivity index (χ3n) is 2.74. The predicted octanol–water partition coefficient (Wildman–Crippen LogP) is 1.74. The highest BCUT2D eigenvalue weighted by Crippen LogP contribution is 2.25. The van der Waals surface area contributed by atoms with Crippen LogP contribution in [0.15, 0.2) is 22.7 Å². The van der Waals surface area contributed by atoms with Crippen molar-refractivity contribution in [1.82, 2.24) is 4.90 Å². The number of nitrogen functional groups attached to an aromatic ring is 1. The van der Waals surface area contributed by atoms with Crippen LogP contribution in [0, 0.1) is 0 Å². The molecule has 0 aromatic heterocycles. The molecular formula is C12H17BrN2O2. The van der Waals surface area contributed by atoms with Gasteiger partial charge in [0, 0.05) is 17.6 Å². The Kier molecular flexibility index (Phi) is 4.25. The fourth-order valence-corrected chi connectivity index (χ4v) is 2.18. The van der Waals surface area contributed by atoms with Crippen LogP contribution in [-0.4, -0.2) is 44.4 Å². The minimum absolute atomic E-state index is 0.122. The summed E-state index contributed by atoms with van der Waals surface area (Å²) in [4.78, 5) is 2.24. The van der Waals surface area contributed by atoms with Gasteiger partial charge in [-0.2, -0.15) is 0 Å². The molecule has 0 saturated carbocycles. The highest BCUT2D eigenvalue weighted by molar-refractivity contribution is 9.10. The number of halogens is 1. The monoisotopic (exact) mass is 300 g/mol. The normalized spacial score (nSPS) is 21.4. The van der Waals surface area contributed by atoms with Crippen molar-refractivity contribution in [3.63, 3.8) is 0 Å². The third kappa shape index (κ3) is 3.59. The lowest BCUT2D eigenvalue weighted by molar-refractivity contribution is -0.0402. The zero-order valence-electron chi connectivity index (χ0n) is 9.86. The van der Waals surface area contributed by atoms with Crippen LogP contribution in [0.3, 0.4) is 0 Å². The molecule has 5 heteroatoms. The first-order valence-corrected chi connectivity index (χ1v) is 6.42. The quantitative estimate of drug-likeness (QED) is 0.864. The molecule has 0 radical (unpaired) electrons. The van der Waals surface area contributed by atoms with Crippen molar-refractivity contribution in [2.24, 2.45) is 0 Å². The molecular weight excluding hydrogens is 284 g/mol. The molecule has 1 heterocycles. The van der Waals surface area contributed by atoms with Gasteiger partial charge in [0.1, 0.15) is 18.5 Å². The van der Waals surface area contributed by atoms with Gasteiger partial charge in [-0.25, -0.2) is 0 Å². The molecule has 1 aromatic rings. The van der Waals surface area contributed by atoms with Crippen LogP contribution in [0.5, 0.6) is 5.75 Å². The summed E-state index contributed by atoms with van der Waals surface area (Å²) < 4.78 is 12.3. The minimum atomic E-state index is 0.122. The average molecular weight is 301 g/mol. The Hall–Kier alpha value is -0.780. The van der Waals surface area contributed by atoms with Crippen LogP contribution in [0.4, 0.5) is 5.69 Å². The summed E-state index contributed by atoms with van der Waals surface area (Å²) in [5, 5.41) is 0. The van der Waals surface area contributed by atoms with Crippen LogP contribution in [0.1, 0.15) is 0 Å². The number of nitrogens with zero attached hydrogens (tertiary/aromatic N) is 1. The third-order valence-corrected chi connectivity index (χ3v) is 3.23. The number of nitrogens with two attached hydrogens (primary N) is 1. The first-order valence-electron chi connectivity index (χ1n) is 5.63. The Balaban J connectivity index is 1.88. The van der Waals surface area contributed by atoms with Crippen LogP contribution in [0.2, 0.25) is 0 Å². The Bertz CT molecular complexity index is 387. The van der Waals surface area contributed by atoms with Crippen molar-refractivity contribution in [3.05, 3.63) is 22.7 Å². The Labute approximate surface area is 110 Å². The molecule has 4 nitrogen and oxygen atoms in total. The van der Waals surface area contributed by atoms with Gasteiger partial charge < -0.3 is 20.1 Å². The molecule has 1 aliphatic heterocycles. The largest absolute Gasteiger partial charge is 0.489 e. The van der Waals surface area contributed by atoms with Crippen molar-refractivity contribution in [2.45, 2.75) is 6.10 Å². The van der Waals surface area contributed by atoms with Gasteiger partial charge in [0.25, 0.3) is 0 Å². The molecule has 0 aliphatic carbocycles. The van der Waals surface area contributed by atoms with E-state index in [1.807, 2.05) is 18.2 Å².